The van der Waals surface area contributed by atoms with Crippen molar-refractivity contribution in [2.24, 2.45) is 0 Å². The minimum Gasteiger partial charge on any atom is -0.356 e. The van der Waals surface area contributed by atoms with Gasteiger partial charge in [-0.1, -0.05) is 0 Å². The van der Waals surface area contributed by atoms with E-state index in [2.05, 4.69) is 15.6 Å². The van der Waals surface area contributed by atoms with Crippen molar-refractivity contribution in [2.75, 3.05) is 13.1 Å². The Morgan fingerprint density at radius 1 is 1.69 bits per heavy atom. The Kier molecular flexibility index (Phi) is 4.30. The van der Waals surface area contributed by atoms with Crippen molar-refractivity contribution in [1.82, 2.24) is 15.6 Å². The van der Waals surface area contributed by atoms with E-state index in [1.807, 2.05) is 10.9 Å². The van der Waals surface area contributed by atoms with Crippen LogP contribution < -0.4 is 10.6 Å². The molecule has 1 aromatic heterocycles. The number of thiazole rings is 1. The lowest BCUT2D eigenvalue weighted by atomic mass is 10.1. The number of hydrogen-bond acceptors (Lipinski definition) is 4. The first-order valence-electron chi connectivity index (χ1n) is 5.72. The number of aromatic nitrogens is 1. The molecule has 2 heterocycles. The molecule has 5 heteroatoms. The fourth-order valence-corrected chi connectivity index (χ4v) is 2.51. The normalized spacial score (nSPS) is 19.9. The lowest BCUT2D eigenvalue weighted by Crippen LogP contribution is -2.32. The highest BCUT2D eigenvalue weighted by molar-refractivity contribution is 7.07. The van der Waals surface area contributed by atoms with Crippen molar-refractivity contribution < 1.29 is 4.79 Å². The summed E-state index contributed by atoms with van der Waals surface area (Å²) in [4.78, 5) is 15.7. The maximum atomic E-state index is 11.6. The molecule has 0 radical (unpaired) electrons. The van der Waals surface area contributed by atoms with E-state index in [1.165, 1.54) is 6.42 Å². The van der Waals surface area contributed by atoms with Crippen LogP contribution in [0, 0.1) is 0 Å². The van der Waals surface area contributed by atoms with Gasteiger partial charge in [0.1, 0.15) is 0 Å². The zero-order valence-corrected chi connectivity index (χ0v) is 10.1. The zero-order valence-electron chi connectivity index (χ0n) is 9.24. The van der Waals surface area contributed by atoms with Gasteiger partial charge < -0.3 is 10.6 Å². The first-order valence-corrected chi connectivity index (χ1v) is 6.66. The Bertz CT molecular complexity index is 320. The minimum atomic E-state index is 0.148. The Labute approximate surface area is 99.5 Å². The Morgan fingerprint density at radius 3 is 3.31 bits per heavy atom. The maximum absolute atomic E-state index is 11.6. The fourth-order valence-electron chi connectivity index (χ4n) is 1.92. The van der Waals surface area contributed by atoms with Crippen molar-refractivity contribution in [3.63, 3.8) is 0 Å². The molecule has 0 spiro atoms. The molecule has 1 atom stereocenters. The molecule has 0 aromatic carbocycles. The summed E-state index contributed by atoms with van der Waals surface area (Å²) in [6.07, 6.45) is 3.75. The highest BCUT2D eigenvalue weighted by Crippen LogP contribution is 2.08. The zero-order chi connectivity index (χ0) is 11.2. The molecular formula is C11H17N3OS. The third kappa shape index (κ3) is 3.57. The Hall–Kier alpha value is -0.940. The molecular weight excluding hydrogens is 222 g/mol. The molecule has 1 aliphatic heterocycles. The van der Waals surface area contributed by atoms with Gasteiger partial charge in [-0.15, -0.1) is 11.3 Å². The van der Waals surface area contributed by atoms with Crippen molar-refractivity contribution in [1.29, 1.82) is 0 Å². The van der Waals surface area contributed by atoms with E-state index in [0.717, 1.165) is 25.1 Å². The monoisotopic (exact) mass is 239 g/mol. The van der Waals surface area contributed by atoms with Gasteiger partial charge >= 0.3 is 0 Å². The van der Waals surface area contributed by atoms with Gasteiger partial charge in [-0.25, -0.2) is 4.98 Å². The first kappa shape index (κ1) is 11.5. The molecule has 0 aliphatic carbocycles. The molecule has 1 fully saturated rings. The molecule has 1 saturated heterocycles. The molecule has 1 aliphatic rings. The highest BCUT2D eigenvalue weighted by atomic mass is 32.1. The lowest BCUT2D eigenvalue weighted by Gasteiger charge is -2.09. The second-order valence-electron chi connectivity index (χ2n) is 4.08. The van der Waals surface area contributed by atoms with E-state index in [9.17, 15) is 4.79 Å². The van der Waals surface area contributed by atoms with Crippen LogP contribution in [0.5, 0.6) is 0 Å². The summed E-state index contributed by atoms with van der Waals surface area (Å²) in [6, 6.07) is 0.388. The van der Waals surface area contributed by atoms with E-state index in [4.69, 9.17) is 0 Å². The van der Waals surface area contributed by atoms with Crippen molar-refractivity contribution in [3.8, 4) is 0 Å². The van der Waals surface area contributed by atoms with E-state index in [1.54, 1.807) is 11.3 Å². The predicted octanol–water partition coefficient (Wildman–Crippen LogP) is 0.944. The van der Waals surface area contributed by atoms with Crippen LogP contribution in [-0.4, -0.2) is 30.0 Å². The van der Waals surface area contributed by atoms with Gasteiger partial charge in [0.2, 0.25) is 5.91 Å². The number of nitrogens with one attached hydrogen (secondary N) is 2. The van der Waals surface area contributed by atoms with E-state index >= 15 is 0 Å². The summed E-state index contributed by atoms with van der Waals surface area (Å²) in [6.45, 7) is 1.74. The summed E-state index contributed by atoms with van der Waals surface area (Å²) in [5, 5.41) is 8.27. The standard InChI is InChI=1S/C11H17N3OS/c15-11(6-9-2-1-4-12-9)13-5-3-10-7-16-8-14-10/h7-9,12H,1-6H2,(H,13,15). The molecule has 0 bridgehead atoms. The average Bonchev–Trinajstić information content (AvgIpc) is 2.90. The van der Waals surface area contributed by atoms with Crippen LogP contribution in [0.2, 0.25) is 0 Å². The van der Waals surface area contributed by atoms with Crippen LogP contribution in [0.3, 0.4) is 0 Å². The van der Waals surface area contributed by atoms with Crippen LogP contribution in [0.25, 0.3) is 0 Å². The molecule has 4 nitrogen and oxygen atoms in total. The summed E-state index contributed by atoms with van der Waals surface area (Å²) < 4.78 is 0. The number of hydrogen-bond donors (Lipinski definition) is 2. The molecule has 0 saturated carbocycles. The average molecular weight is 239 g/mol. The van der Waals surface area contributed by atoms with Gasteiger partial charge in [-0.3, -0.25) is 4.79 Å². The molecule has 2 N–H and O–H groups in total. The summed E-state index contributed by atoms with van der Waals surface area (Å²) >= 11 is 1.59. The third-order valence-electron chi connectivity index (χ3n) is 2.78. The molecule has 2 rings (SSSR count). The van der Waals surface area contributed by atoms with Crippen LogP contribution in [0.15, 0.2) is 10.9 Å². The predicted molar refractivity (Wildman–Crippen MR) is 64.5 cm³/mol. The molecule has 1 aromatic rings. The number of carbonyl (C=O) groups excluding carboxylic acids is 1. The smallest absolute Gasteiger partial charge is 0.221 e. The topological polar surface area (TPSA) is 54.0 Å². The van der Waals surface area contributed by atoms with Crippen LogP contribution in [0.1, 0.15) is 25.0 Å². The van der Waals surface area contributed by atoms with E-state index in [0.29, 0.717) is 19.0 Å². The van der Waals surface area contributed by atoms with Crippen molar-refractivity contribution in [2.45, 2.75) is 31.7 Å². The molecule has 1 amide bonds. The highest BCUT2D eigenvalue weighted by Gasteiger charge is 2.17. The van der Waals surface area contributed by atoms with Gasteiger partial charge in [0, 0.05) is 30.8 Å². The largest absolute Gasteiger partial charge is 0.356 e. The van der Waals surface area contributed by atoms with Gasteiger partial charge in [-0.2, -0.15) is 0 Å². The Morgan fingerprint density at radius 2 is 2.62 bits per heavy atom. The van der Waals surface area contributed by atoms with Crippen LogP contribution in [-0.2, 0) is 11.2 Å². The fraction of sp³-hybridized carbons (Fsp3) is 0.636. The molecule has 1 unspecified atom stereocenters. The summed E-state index contributed by atoms with van der Waals surface area (Å²) in [5.41, 5.74) is 2.88. The van der Waals surface area contributed by atoms with Gasteiger partial charge in [0.15, 0.2) is 0 Å². The summed E-state index contributed by atoms with van der Waals surface area (Å²) in [7, 11) is 0. The SMILES string of the molecule is O=C(CC1CCCN1)NCCc1cscn1. The van der Waals surface area contributed by atoms with Crippen LogP contribution in [0.4, 0.5) is 0 Å². The molecule has 88 valence electrons. The number of rotatable bonds is 5. The lowest BCUT2D eigenvalue weighted by molar-refractivity contribution is -0.121. The number of amides is 1. The Balaban J connectivity index is 1.60. The minimum absolute atomic E-state index is 0.148. The number of carbonyl (C=O) groups is 1. The maximum Gasteiger partial charge on any atom is 0.221 e. The van der Waals surface area contributed by atoms with Gasteiger partial charge in [0.25, 0.3) is 0 Å². The number of nitrogens with zero attached hydrogens (tertiary/aromatic N) is 1. The van der Waals surface area contributed by atoms with Gasteiger partial charge in [-0.05, 0) is 19.4 Å². The van der Waals surface area contributed by atoms with E-state index < -0.39 is 0 Å². The quantitative estimate of drug-likeness (QED) is 0.804. The van der Waals surface area contributed by atoms with Gasteiger partial charge in [0.05, 0.1) is 11.2 Å². The molecule has 16 heavy (non-hydrogen) atoms. The second-order valence-corrected chi connectivity index (χ2v) is 4.80. The van der Waals surface area contributed by atoms with Crippen LogP contribution >= 0.6 is 11.3 Å². The summed E-state index contributed by atoms with van der Waals surface area (Å²) in [5.74, 6) is 0.148. The van der Waals surface area contributed by atoms with E-state index in [-0.39, 0.29) is 5.91 Å². The first-order chi connectivity index (χ1) is 7.84. The second kappa shape index (κ2) is 5.96. The van der Waals surface area contributed by atoms with Crippen molar-refractivity contribution >= 4 is 17.2 Å². The third-order valence-corrected chi connectivity index (χ3v) is 3.42. The van der Waals surface area contributed by atoms with Crippen molar-refractivity contribution in [3.05, 3.63) is 16.6 Å².